The number of benzene rings is 1. The molecule has 30 heavy (non-hydrogen) atoms. The van der Waals surface area contributed by atoms with Crippen LogP contribution in [0.3, 0.4) is 0 Å². The van der Waals surface area contributed by atoms with Gasteiger partial charge in [-0.2, -0.15) is 0 Å². The highest BCUT2D eigenvalue weighted by atomic mass is 35.5. The van der Waals surface area contributed by atoms with Crippen LogP contribution in [0.5, 0.6) is 0 Å². The van der Waals surface area contributed by atoms with Gasteiger partial charge in [-0.3, -0.25) is 14.6 Å². The van der Waals surface area contributed by atoms with E-state index in [0.717, 1.165) is 55.5 Å². The van der Waals surface area contributed by atoms with Crippen molar-refractivity contribution in [2.24, 2.45) is 0 Å². The predicted octanol–water partition coefficient (Wildman–Crippen LogP) is 4.51. The van der Waals surface area contributed by atoms with Crippen molar-refractivity contribution in [2.45, 2.75) is 20.4 Å². The lowest BCUT2D eigenvalue weighted by Crippen LogP contribution is -2.46. The molecule has 1 aliphatic rings. The Morgan fingerprint density at radius 2 is 1.87 bits per heavy atom. The third kappa shape index (κ3) is 4.80. The molecule has 3 aromatic rings. The first-order valence-corrected chi connectivity index (χ1v) is 11.2. The van der Waals surface area contributed by atoms with Crippen LogP contribution < -0.4 is 9.80 Å². The van der Waals surface area contributed by atoms with Crippen LogP contribution in [0.4, 0.5) is 16.6 Å². The van der Waals surface area contributed by atoms with Crippen molar-refractivity contribution in [1.29, 1.82) is 0 Å². The molecule has 1 aliphatic heterocycles. The summed E-state index contributed by atoms with van der Waals surface area (Å²) in [7, 11) is 0. The molecular weight excluding hydrogens is 418 g/mol. The summed E-state index contributed by atoms with van der Waals surface area (Å²) in [5, 5.41) is 3.42. The molecule has 0 unspecified atom stereocenters. The Kier molecular flexibility index (Phi) is 6.32. The molecule has 0 aliphatic carbocycles. The Morgan fingerprint density at radius 1 is 1.13 bits per heavy atom. The molecule has 0 bridgehead atoms. The SMILES string of the molecule is CC(=O)N(c1ccc(C)cc1)c1nc(CN2CCN(c3ccc(Cl)cn3)CC2)cs1. The van der Waals surface area contributed by atoms with Crippen molar-refractivity contribution in [2.75, 3.05) is 36.0 Å². The number of carbonyl (C=O) groups excluding carboxylic acids is 1. The lowest BCUT2D eigenvalue weighted by Gasteiger charge is -2.35. The van der Waals surface area contributed by atoms with Gasteiger partial charge < -0.3 is 4.90 Å². The van der Waals surface area contributed by atoms with Gasteiger partial charge in [0.25, 0.3) is 0 Å². The van der Waals surface area contributed by atoms with Crippen LogP contribution in [0.1, 0.15) is 18.2 Å². The number of thiazole rings is 1. The van der Waals surface area contributed by atoms with Crippen molar-refractivity contribution < 1.29 is 4.79 Å². The monoisotopic (exact) mass is 441 g/mol. The minimum atomic E-state index is -0.0381. The van der Waals surface area contributed by atoms with Crippen LogP contribution in [0.25, 0.3) is 0 Å². The van der Waals surface area contributed by atoms with Crippen LogP contribution in [0.15, 0.2) is 48.0 Å². The number of piperazine rings is 1. The van der Waals surface area contributed by atoms with Gasteiger partial charge in [0.15, 0.2) is 5.13 Å². The molecule has 6 nitrogen and oxygen atoms in total. The fraction of sp³-hybridized carbons (Fsp3) is 0.318. The molecule has 4 rings (SSSR count). The number of amides is 1. The molecule has 1 saturated heterocycles. The topological polar surface area (TPSA) is 52.6 Å². The number of nitrogens with zero attached hydrogens (tertiary/aromatic N) is 5. The zero-order valence-corrected chi connectivity index (χ0v) is 18.7. The fourth-order valence-electron chi connectivity index (χ4n) is 3.51. The number of hydrogen-bond acceptors (Lipinski definition) is 6. The normalized spacial score (nSPS) is 14.7. The zero-order chi connectivity index (χ0) is 21.1. The number of aromatic nitrogens is 2. The summed E-state index contributed by atoms with van der Waals surface area (Å²) < 4.78 is 0. The molecule has 156 valence electrons. The van der Waals surface area contributed by atoms with Crippen LogP contribution in [0.2, 0.25) is 5.02 Å². The Labute approximate surface area is 185 Å². The number of halogens is 1. The minimum absolute atomic E-state index is 0.0381. The van der Waals surface area contributed by atoms with E-state index in [1.807, 2.05) is 48.7 Å². The summed E-state index contributed by atoms with van der Waals surface area (Å²) in [6, 6.07) is 11.8. The summed E-state index contributed by atoms with van der Waals surface area (Å²) in [5.41, 5.74) is 3.00. The highest BCUT2D eigenvalue weighted by Crippen LogP contribution is 2.29. The van der Waals surface area contributed by atoms with Gasteiger partial charge in [0, 0.05) is 51.2 Å². The molecular formula is C22H24ClN5OS. The standard InChI is InChI=1S/C22H24ClN5OS/c1-16-3-6-20(7-4-16)28(17(2)29)22-25-19(15-30-22)14-26-9-11-27(12-10-26)21-8-5-18(23)13-24-21/h3-8,13,15H,9-12,14H2,1-2H3. The predicted molar refractivity (Wildman–Crippen MR) is 123 cm³/mol. The summed E-state index contributed by atoms with van der Waals surface area (Å²) in [5.74, 6) is 0.925. The van der Waals surface area contributed by atoms with Gasteiger partial charge in [-0.05, 0) is 31.2 Å². The fourth-order valence-corrected chi connectivity index (χ4v) is 4.50. The first-order valence-electron chi connectivity index (χ1n) is 9.90. The maximum atomic E-state index is 12.3. The highest BCUT2D eigenvalue weighted by Gasteiger charge is 2.21. The van der Waals surface area contributed by atoms with E-state index in [0.29, 0.717) is 10.2 Å². The number of anilines is 3. The smallest absolute Gasteiger partial charge is 0.230 e. The molecule has 0 saturated carbocycles. The van der Waals surface area contributed by atoms with E-state index in [2.05, 4.69) is 14.8 Å². The number of hydrogen-bond donors (Lipinski definition) is 0. The Bertz CT molecular complexity index is 997. The molecule has 0 radical (unpaired) electrons. The van der Waals surface area contributed by atoms with E-state index in [1.165, 1.54) is 11.3 Å². The Hall–Kier alpha value is -2.48. The van der Waals surface area contributed by atoms with Gasteiger partial charge in [-0.15, -0.1) is 11.3 Å². The molecule has 1 fully saturated rings. The van der Waals surface area contributed by atoms with Crippen molar-refractivity contribution in [1.82, 2.24) is 14.9 Å². The van der Waals surface area contributed by atoms with Gasteiger partial charge >= 0.3 is 0 Å². The van der Waals surface area contributed by atoms with Crippen molar-refractivity contribution in [3.8, 4) is 0 Å². The van der Waals surface area contributed by atoms with Crippen molar-refractivity contribution in [3.63, 3.8) is 0 Å². The molecule has 8 heteroatoms. The van der Waals surface area contributed by atoms with Crippen LogP contribution in [-0.2, 0) is 11.3 Å². The van der Waals surface area contributed by atoms with Crippen LogP contribution in [-0.4, -0.2) is 47.0 Å². The number of carbonyl (C=O) groups is 1. The van der Waals surface area contributed by atoms with E-state index in [-0.39, 0.29) is 5.91 Å². The summed E-state index contributed by atoms with van der Waals surface area (Å²) in [4.78, 5) is 27.8. The second kappa shape index (κ2) is 9.12. The Balaban J connectivity index is 1.39. The summed E-state index contributed by atoms with van der Waals surface area (Å²) in [6.07, 6.45) is 1.69. The van der Waals surface area contributed by atoms with Gasteiger partial charge in [0.1, 0.15) is 5.82 Å². The maximum absolute atomic E-state index is 12.3. The summed E-state index contributed by atoms with van der Waals surface area (Å²) in [6.45, 7) is 8.08. The van der Waals surface area contributed by atoms with E-state index in [9.17, 15) is 4.79 Å². The third-order valence-corrected chi connectivity index (χ3v) is 6.23. The van der Waals surface area contributed by atoms with E-state index in [1.54, 1.807) is 18.0 Å². The first kappa shape index (κ1) is 20.8. The lowest BCUT2D eigenvalue weighted by molar-refractivity contribution is -0.115. The molecule has 1 aromatic carbocycles. The van der Waals surface area contributed by atoms with Gasteiger partial charge in [0.05, 0.1) is 16.4 Å². The molecule has 0 spiro atoms. The van der Waals surface area contributed by atoms with Crippen molar-refractivity contribution >= 4 is 45.5 Å². The van der Waals surface area contributed by atoms with E-state index in [4.69, 9.17) is 16.6 Å². The van der Waals surface area contributed by atoms with E-state index < -0.39 is 0 Å². The maximum Gasteiger partial charge on any atom is 0.230 e. The molecule has 0 N–H and O–H groups in total. The number of rotatable bonds is 5. The molecule has 3 heterocycles. The van der Waals surface area contributed by atoms with Gasteiger partial charge in [-0.1, -0.05) is 29.3 Å². The number of pyridine rings is 1. The second-order valence-electron chi connectivity index (χ2n) is 7.41. The third-order valence-electron chi connectivity index (χ3n) is 5.13. The van der Waals surface area contributed by atoms with E-state index >= 15 is 0 Å². The zero-order valence-electron chi connectivity index (χ0n) is 17.1. The van der Waals surface area contributed by atoms with Crippen LogP contribution in [0, 0.1) is 6.92 Å². The average molecular weight is 442 g/mol. The van der Waals surface area contributed by atoms with Gasteiger partial charge in [-0.25, -0.2) is 9.97 Å². The van der Waals surface area contributed by atoms with Crippen LogP contribution >= 0.6 is 22.9 Å². The number of aryl methyl sites for hydroxylation is 1. The van der Waals surface area contributed by atoms with Gasteiger partial charge in [0.2, 0.25) is 5.91 Å². The minimum Gasteiger partial charge on any atom is -0.354 e. The Morgan fingerprint density at radius 3 is 2.50 bits per heavy atom. The molecule has 2 aromatic heterocycles. The summed E-state index contributed by atoms with van der Waals surface area (Å²) >= 11 is 7.44. The first-order chi connectivity index (χ1) is 14.5. The largest absolute Gasteiger partial charge is 0.354 e. The highest BCUT2D eigenvalue weighted by molar-refractivity contribution is 7.14. The molecule has 1 amide bonds. The second-order valence-corrected chi connectivity index (χ2v) is 8.68. The van der Waals surface area contributed by atoms with Crippen molar-refractivity contribution in [3.05, 3.63) is 64.3 Å². The average Bonchev–Trinajstić information content (AvgIpc) is 3.18. The lowest BCUT2D eigenvalue weighted by atomic mass is 10.2. The molecule has 0 atom stereocenters. The quantitative estimate of drug-likeness (QED) is 0.583.